The van der Waals surface area contributed by atoms with E-state index in [-0.39, 0.29) is 5.92 Å². The first-order chi connectivity index (χ1) is 8.36. The van der Waals surface area contributed by atoms with Crippen molar-refractivity contribution in [1.82, 2.24) is 4.98 Å². The number of aliphatic hydroxyl groups excluding tert-OH is 1. The molecule has 88 valence electrons. The lowest BCUT2D eigenvalue weighted by Crippen LogP contribution is -2.15. The summed E-state index contributed by atoms with van der Waals surface area (Å²) in [6, 6.07) is 6.01. The minimum Gasteiger partial charge on any atom is -0.388 e. The average molecular weight is 245 g/mol. The Kier molecular flexibility index (Phi) is 2.95. The molecule has 0 aliphatic heterocycles. The van der Waals surface area contributed by atoms with Crippen LogP contribution >= 0.6 is 11.3 Å². The van der Waals surface area contributed by atoms with E-state index in [0.717, 1.165) is 12.0 Å². The summed E-state index contributed by atoms with van der Waals surface area (Å²) in [4.78, 5) is 5.54. The Labute approximate surface area is 105 Å². The first-order valence-corrected chi connectivity index (χ1v) is 6.88. The number of aromatic nitrogens is 1. The van der Waals surface area contributed by atoms with E-state index in [9.17, 15) is 5.11 Å². The molecule has 0 radical (unpaired) electrons. The fraction of sp³-hybridized carbons (Fsp3) is 0.357. The monoisotopic (exact) mass is 245 g/mol. The van der Waals surface area contributed by atoms with Gasteiger partial charge >= 0.3 is 0 Å². The lowest BCUT2D eigenvalue weighted by atomic mass is 9.82. The Morgan fingerprint density at radius 1 is 1.41 bits per heavy atom. The van der Waals surface area contributed by atoms with E-state index < -0.39 is 6.10 Å². The Hall–Kier alpha value is -1.19. The first kappa shape index (κ1) is 10.9. The molecule has 1 aliphatic carbocycles. The summed E-state index contributed by atoms with van der Waals surface area (Å²) in [5, 5.41) is 12.6. The van der Waals surface area contributed by atoms with Gasteiger partial charge in [0.1, 0.15) is 0 Å². The van der Waals surface area contributed by atoms with Crippen LogP contribution in [0.2, 0.25) is 0 Å². The van der Waals surface area contributed by atoms with Crippen molar-refractivity contribution >= 4 is 11.3 Å². The summed E-state index contributed by atoms with van der Waals surface area (Å²) in [7, 11) is 0. The van der Waals surface area contributed by atoms with Crippen molar-refractivity contribution < 1.29 is 5.11 Å². The maximum Gasteiger partial charge on any atom is 0.0873 e. The minimum atomic E-state index is -0.419. The van der Waals surface area contributed by atoms with Crippen LogP contribution in [0, 0.1) is 0 Å². The van der Waals surface area contributed by atoms with Gasteiger partial charge in [-0.25, -0.2) is 0 Å². The predicted octanol–water partition coefficient (Wildman–Crippen LogP) is 3.30. The highest BCUT2D eigenvalue weighted by Gasteiger charge is 2.28. The molecular weight excluding hydrogens is 230 g/mol. The molecule has 0 saturated heterocycles. The third kappa shape index (κ3) is 2.01. The molecule has 0 amide bonds. The van der Waals surface area contributed by atoms with Crippen molar-refractivity contribution in [2.45, 2.75) is 31.3 Å². The van der Waals surface area contributed by atoms with Gasteiger partial charge in [0.2, 0.25) is 0 Å². The fourth-order valence-corrected chi connectivity index (χ4v) is 3.63. The molecule has 3 heteroatoms. The van der Waals surface area contributed by atoms with Gasteiger partial charge < -0.3 is 5.11 Å². The molecular formula is C14H15NOS. The fourth-order valence-electron chi connectivity index (χ4n) is 2.63. The topological polar surface area (TPSA) is 33.1 Å². The van der Waals surface area contributed by atoms with E-state index in [1.54, 1.807) is 12.4 Å². The summed E-state index contributed by atoms with van der Waals surface area (Å²) in [5.74, 6) is 0.245. The number of hydrogen-bond acceptors (Lipinski definition) is 3. The average Bonchev–Trinajstić information content (AvgIpc) is 2.87. The van der Waals surface area contributed by atoms with Crippen molar-refractivity contribution in [3.05, 3.63) is 52.0 Å². The molecule has 2 unspecified atom stereocenters. The van der Waals surface area contributed by atoms with E-state index in [2.05, 4.69) is 16.4 Å². The number of thiophene rings is 1. The van der Waals surface area contributed by atoms with Crippen LogP contribution in [0.5, 0.6) is 0 Å². The molecule has 1 N–H and O–H groups in total. The molecule has 0 spiro atoms. The van der Waals surface area contributed by atoms with Gasteiger partial charge in [0.15, 0.2) is 0 Å². The van der Waals surface area contributed by atoms with Crippen LogP contribution in [0.3, 0.4) is 0 Å². The second kappa shape index (κ2) is 4.59. The largest absolute Gasteiger partial charge is 0.388 e. The smallest absolute Gasteiger partial charge is 0.0873 e. The molecule has 0 aromatic carbocycles. The third-order valence-electron chi connectivity index (χ3n) is 3.51. The van der Waals surface area contributed by atoms with Gasteiger partial charge in [-0.05, 0) is 47.9 Å². The first-order valence-electron chi connectivity index (χ1n) is 6.00. The molecule has 2 heterocycles. The molecule has 0 fully saturated rings. The van der Waals surface area contributed by atoms with E-state index in [1.165, 1.54) is 23.3 Å². The maximum atomic E-state index is 10.5. The standard InChI is InChI=1S/C14H15NOS/c16-14(10-3-2-7-15-9-10)12-4-1-5-13-11(12)6-8-17-13/h2-3,6-9,12,14,16H,1,4-5H2. The molecule has 2 aromatic rings. The van der Waals surface area contributed by atoms with Gasteiger partial charge in [-0.2, -0.15) is 0 Å². The van der Waals surface area contributed by atoms with Gasteiger partial charge in [-0.3, -0.25) is 4.98 Å². The van der Waals surface area contributed by atoms with Crippen LogP contribution in [-0.4, -0.2) is 10.1 Å². The van der Waals surface area contributed by atoms with Gasteiger partial charge in [0, 0.05) is 23.2 Å². The summed E-state index contributed by atoms with van der Waals surface area (Å²) in [5.41, 5.74) is 2.27. The summed E-state index contributed by atoms with van der Waals surface area (Å²) < 4.78 is 0. The van der Waals surface area contributed by atoms with E-state index in [1.807, 2.05) is 23.5 Å². The molecule has 1 aliphatic rings. The van der Waals surface area contributed by atoms with Crippen molar-refractivity contribution in [3.8, 4) is 0 Å². The number of rotatable bonds is 2. The lowest BCUT2D eigenvalue weighted by molar-refractivity contribution is 0.136. The predicted molar refractivity (Wildman–Crippen MR) is 69.2 cm³/mol. The van der Waals surface area contributed by atoms with Crippen LogP contribution in [0.4, 0.5) is 0 Å². The van der Waals surface area contributed by atoms with E-state index >= 15 is 0 Å². The SMILES string of the molecule is OC(c1cccnc1)C1CCCc2sccc21. The number of aryl methyl sites for hydroxylation is 1. The molecule has 3 rings (SSSR count). The van der Waals surface area contributed by atoms with Crippen LogP contribution < -0.4 is 0 Å². The summed E-state index contributed by atoms with van der Waals surface area (Å²) in [6.45, 7) is 0. The highest BCUT2D eigenvalue weighted by atomic mass is 32.1. The minimum absolute atomic E-state index is 0.245. The number of pyridine rings is 1. The zero-order valence-electron chi connectivity index (χ0n) is 9.54. The second-order valence-electron chi connectivity index (χ2n) is 4.53. The van der Waals surface area contributed by atoms with Crippen molar-refractivity contribution in [2.24, 2.45) is 0 Å². The van der Waals surface area contributed by atoms with Gasteiger partial charge in [0.05, 0.1) is 6.10 Å². The Morgan fingerprint density at radius 3 is 3.18 bits per heavy atom. The van der Waals surface area contributed by atoms with Crippen molar-refractivity contribution in [3.63, 3.8) is 0 Å². The van der Waals surface area contributed by atoms with Gasteiger partial charge in [-0.1, -0.05) is 6.07 Å². The second-order valence-corrected chi connectivity index (χ2v) is 5.53. The molecule has 17 heavy (non-hydrogen) atoms. The van der Waals surface area contributed by atoms with Gasteiger partial charge in [0.25, 0.3) is 0 Å². The number of hydrogen-bond donors (Lipinski definition) is 1. The zero-order chi connectivity index (χ0) is 11.7. The maximum absolute atomic E-state index is 10.5. The van der Waals surface area contributed by atoms with Crippen molar-refractivity contribution in [1.29, 1.82) is 0 Å². The lowest BCUT2D eigenvalue weighted by Gasteiger charge is -2.27. The van der Waals surface area contributed by atoms with Crippen LogP contribution in [0.1, 0.15) is 40.9 Å². The van der Waals surface area contributed by atoms with Crippen LogP contribution in [0.15, 0.2) is 36.0 Å². The number of nitrogens with zero attached hydrogens (tertiary/aromatic N) is 1. The molecule has 0 saturated carbocycles. The van der Waals surface area contributed by atoms with Crippen LogP contribution in [-0.2, 0) is 6.42 Å². The zero-order valence-corrected chi connectivity index (χ0v) is 10.4. The number of fused-ring (bicyclic) bond motifs is 1. The summed E-state index contributed by atoms with van der Waals surface area (Å²) in [6.07, 6.45) is 6.51. The van der Waals surface area contributed by atoms with Crippen molar-refractivity contribution in [2.75, 3.05) is 0 Å². The van der Waals surface area contributed by atoms with Crippen LogP contribution in [0.25, 0.3) is 0 Å². The highest BCUT2D eigenvalue weighted by Crippen LogP contribution is 2.41. The van der Waals surface area contributed by atoms with E-state index in [0.29, 0.717) is 0 Å². The normalized spacial score (nSPS) is 20.9. The molecule has 0 bridgehead atoms. The van der Waals surface area contributed by atoms with E-state index in [4.69, 9.17) is 0 Å². The Morgan fingerprint density at radius 2 is 2.35 bits per heavy atom. The Balaban J connectivity index is 1.92. The molecule has 2 nitrogen and oxygen atoms in total. The summed E-state index contributed by atoms with van der Waals surface area (Å²) >= 11 is 1.81. The number of aliphatic hydroxyl groups is 1. The molecule has 2 aromatic heterocycles. The highest BCUT2D eigenvalue weighted by molar-refractivity contribution is 7.10. The Bertz CT molecular complexity index is 494. The third-order valence-corrected chi connectivity index (χ3v) is 4.50. The quantitative estimate of drug-likeness (QED) is 0.880. The van der Waals surface area contributed by atoms with Gasteiger partial charge in [-0.15, -0.1) is 11.3 Å². The molecule has 2 atom stereocenters.